The molecule has 1 aromatic carbocycles. The third kappa shape index (κ3) is 4.40. The van der Waals surface area contributed by atoms with Crippen molar-refractivity contribution in [3.63, 3.8) is 0 Å². The second-order valence-corrected chi connectivity index (χ2v) is 9.11. The molecule has 0 amide bonds. The van der Waals surface area contributed by atoms with Crippen LogP contribution in [0.15, 0.2) is 59.2 Å². The number of halogens is 1. The standard InChI is InChI=1S/C24H27BrN4OS/c1-16-14-20(17(2)29(16)19-9-6-8-18(25)15-19)23-22(21-10-4-5-11-26-21)27-24(31)28(23)12-7-13-30-3/h4-6,8-11,14-15,22-23H,7,12-13H2,1-3H3,(H,27,31). The summed E-state index contributed by atoms with van der Waals surface area (Å²) in [6.07, 6.45) is 2.75. The highest BCUT2D eigenvalue weighted by Crippen LogP contribution is 2.41. The molecule has 162 valence electrons. The van der Waals surface area contributed by atoms with Gasteiger partial charge in [-0.1, -0.05) is 28.1 Å². The summed E-state index contributed by atoms with van der Waals surface area (Å²) in [6, 6.07) is 16.8. The summed E-state index contributed by atoms with van der Waals surface area (Å²) in [4.78, 5) is 6.94. The van der Waals surface area contributed by atoms with Gasteiger partial charge in [-0.25, -0.2) is 0 Å². The lowest BCUT2D eigenvalue weighted by Gasteiger charge is -2.28. The van der Waals surface area contributed by atoms with Crippen LogP contribution in [-0.2, 0) is 4.74 Å². The predicted molar refractivity (Wildman–Crippen MR) is 132 cm³/mol. The van der Waals surface area contributed by atoms with Crippen LogP contribution in [-0.4, -0.2) is 39.8 Å². The third-order valence-electron chi connectivity index (χ3n) is 5.80. The maximum Gasteiger partial charge on any atom is 0.170 e. The smallest absolute Gasteiger partial charge is 0.170 e. The van der Waals surface area contributed by atoms with Gasteiger partial charge in [0.1, 0.15) is 0 Å². The van der Waals surface area contributed by atoms with Crippen LogP contribution in [0.25, 0.3) is 5.69 Å². The van der Waals surface area contributed by atoms with Crippen molar-refractivity contribution in [1.29, 1.82) is 0 Å². The van der Waals surface area contributed by atoms with E-state index in [1.165, 1.54) is 17.0 Å². The Morgan fingerprint density at radius 2 is 2.00 bits per heavy atom. The molecule has 1 aliphatic rings. The van der Waals surface area contributed by atoms with Gasteiger partial charge in [0.05, 0.1) is 17.8 Å². The van der Waals surface area contributed by atoms with Crippen molar-refractivity contribution in [1.82, 2.24) is 19.8 Å². The molecule has 3 heterocycles. The Labute approximate surface area is 197 Å². The summed E-state index contributed by atoms with van der Waals surface area (Å²) in [5.74, 6) is 0. The second kappa shape index (κ2) is 9.51. The van der Waals surface area contributed by atoms with Crippen molar-refractivity contribution in [3.8, 4) is 5.69 Å². The molecule has 2 unspecified atom stereocenters. The van der Waals surface area contributed by atoms with Gasteiger partial charge in [0.25, 0.3) is 0 Å². The third-order valence-corrected chi connectivity index (χ3v) is 6.65. The van der Waals surface area contributed by atoms with Gasteiger partial charge in [0, 0.05) is 48.0 Å². The summed E-state index contributed by atoms with van der Waals surface area (Å²) in [6.45, 7) is 5.88. The van der Waals surface area contributed by atoms with Crippen LogP contribution in [0.2, 0.25) is 0 Å². The number of aryl methyl sites for hydroxylation is 1. The summed E-state index contributed by atoms with van der Waals surface area (Å²) in [7, 11) is 1.74. The number of benzene rings is 1. The van der Waals surface area contributed by atoms with Crippen LogP contribution in [0.1, 0.15) is 41.1 Å². The fourth-order valence-corrected chi connectivity index (χ4v) is 5.18. The molecule has 0 spiro atoms. The average molecular weight is 499 g/mol. The van der Waals surface area contributed by atoms with Crippen molar-refractivity contribution < 1.29 is 4.74 Å². The normalized spacial score (nSPS) is 18.5. The van der Waals surface area contributed by atoms with Crippen LogP contribution in [0.4, 0.5) is 0 Å². The largest absolute Gasteiger partial charge is 0.385 e. The fraction of sp³-hybridized carbons (Fsp3) is 0.333. The maximum absolute atomic E-state index is 5.77. The van der Waals surface area contributed by atoms with E-state index in [9.17, 15) is 0 Å². The van der Waals surface area contributed by atoms with E-state index in [2.05, 4.69) is 79.9 Å². The lowest BCUT2D eigenvalue weighted by atomic mass is 9.96. The number of hydrogen-bond donors (Lipinski definition) is 1. The number of aromatic nitrogens is 2. The number of rotatable bonds is 7. The fourth-order valence-electron chi connectivity index (χ4n) is 4.46. The van der Waals surface area contributed by atoms with Gasteiger partial charge in [-0.2, -0.15) is 0 Å². The maximum atomic E-state index is 5.77. The zero-order valence-corrected chi connectivity index (χ0v) is 20.4. The molecular formula is C24H27BrN4OS. The average Bonchev–Trinajstić information content (AvgIpc) is 3.24. The molecule has 1 saturated heterocycles. The van der Waals surface area contributed by atoms with E-state index in [0.29, 0.717) is 6.61 Å². The first-order valence-electron chi connectivity index (χ1n) is 10.4. The molecule has 7 heteroatoms. The highest BCUT2D eigenvalue weighted by molar-refractivity contribution is 9.10. The molecule has 0 aliphatic carbocycles. The Morgan fingerprint density at radius 3 is 2.71 bits per heavy atom. The molecule has 0 saturated carbocycles. The number of hydrogen-bond acceptors (Lipinski definition) is 3. The summed E-state index contributed by atoms with van der Waals surface area (Å²) in [5, 5.41) is 4.31. The highest BCUT2D eigenvalue weighted by atomic mass is 79.9. The number of nitrogens with one attached hydrogen (secondary N) is 1. The van der Waals surface area contributed by atoms with Gasteiger partial charge in [0.2, 0.25) is 0 Å². The van der Waals surface area contributed by atoms with Crippen LogP contribution >= 0.6 is 28.1 Å². The Hall–Kier alpha value is -2.22. The van der Waals surface area contributed by atoms with E-state index in [1.54, 1.807) is 7.11 Å². The van der Waals surface area contributed by atoms with Crippen molar-refractivity contribution >= 4 is 33.3 Å². The Bertz CT molecular complexity index is 1070. The van der Waals surface area contributed by atoms with Crippen molar-refractivity contribution in [3.05, 3.63) is 81.8 Å². The summed E-state index contributed by atoms with van der Waals surface area (Å²) in [5.41, 5.74) is 5.81. The van der Waals surface area contributed by atoms with Crippen LogP contribution < -0.4 is 5.32 Å². The number of thiocarbonyl (C=S) groups is 1. The van der Waals surface area contributed by atoms with Crippen LogP contribution in [0.5, 0.6) is 0 Å². The van der Waals surface area contributed by atoms with Crippen LogP contribution in [0.3, 0.4) is 0 Å². The van der Waals surface area contributed by atoms with Gasteiger partial charge in [-0.05, 0) is 74.4 Å². The summed E-state index contributed by atoms with van der Waals surface area (Å²) < 4.78 is 8.67. The molecule has 1 N–H and O–H groups in total. The minimum Gasteiger partial charge on any atom is -0.385 e. The van der Waals surface area contributed by atoms with Gasteiger partial charge >= 0.3 is 0 Å². The number of methoxy groups -OCH3 is 1. The topological polar surface area (TPSA) is 42.3 Å². The molecule has 31 heavy (non-hydrogen) atoms. The zero-order valence-electron chi connectivity index (χ0n) is 18.0. The van der Waals surface area contributed by atoms with Crippen molar-refractivity contribution in [2.24, 2.45) is 0 Å². The Kier molecular flexibility index (Phi) is 6.74. The lowest BCUT2D eigenvalue weighted by Crippen LogP contribution is -2.31. The quantitative estimate of drug-likeness (QED) is 0.355. The number of ether oxygens (including phenoxy) is 1. The predicted octanol–water partition coefficient (Wildman–Crippen LogP) is 5.26. The molecule has 3 aromatic rings. The van der Waals surface area contributed by atoms with E-state index in [-0.39, 0.29) is 12.1 Å². The highest BCUT2D eigenvalue weighted by Gasteiger charge is 2.41. The molecule has 0 radical (unpaired) electrons. The van der Waals surface area contributed by atoms with Gasteiger partial charge in [0.15, 0.2) is 5.11 Å². The molecule has 1 fully saturated rings. The monoisotopic (exact) mass is 498 g/mol. The minimum atomic E-state index is -0.00676. The van der Waals surface area contributed by atoms with E-state index >= 15 is 0 Å². The first-order chi connectivity index (χ1) is 15.0. The van der Waals surface area contributed by atoms with E-state index in [1.807, 2.05) is 24.4 Å². The van der Waals surface area contributed by atoms with Crippen molar-refractivity contribution in [2.45, 2.75) is 32.4 Å². The zero-order chi connectivity index (χ0) is 22.0. The molecule has 0 bridgehead atoms. The molecular weight excluding hydrogens is 472 g/mol. The summed E-state index contributed by atoms with van der Waals surface area (Å²) >= 11 is 9.38. The van der Waals surface area contributed by atoms with E-state index in [0.717, 1.165) is 33.9 Å². The second-order valence-electron chi connectivity index (χ2n) is 7.81. The first-order valence-corrected chi connectivity index (χ1v) is 11.6. The first kappa shape index (κ1) is 22.0. The van der Waals surface area contributed by atoms with E-state index < -0.39 is 0 Å². The van der Waals surface area contributed by atoms with E-state index in [4.69, 9.17) is 17.0 Å². The molecule has 1 aliphatic heterocycles. The van der Waals surface area contributed by atoms with Gasteiger partial charge in [-0.15, -0.1) is 0 Å². The molecule has 4 rings (SSSR count). The lowest BCUT2D eigenvalue weighted by molar-refractivity contribution is 0.180. The SMILES string of the molecule is COCCCN1C(=S)NC(c2ccccn2)C1c1cc(C)n(-c2cccc(Br)c2)c1C. The molecule has 2 atom stereocenters. The van der Waals surface area contributed by atoms with Gasteiger partial charge < -0.3 is 19.5 Å². The Morgan fingerprint density at radius 1 is 1.16 bits per heavy atom. The number of pyridine rings is 1. The van der Waals surface area contributed by atoms with Gasteiger partial charge in [-0.3, -0.25) is 4.98 Å². The Balaban J connectivity index is 1.79. The molecule has 2 aromatic heterocycles. The minimum absolute atomic E-state index is 0.00676. The molecule has 5 nitrogen and oxygen atoms in total. The van der Waals surface area contributed by atoms with Crippen LogP contribution in [0, 0.1) is 13.8 Å². The van der Waals surface area contributed by atoms with Crippen molar-refractivity contribution in [2.75, 3.05) is 20.3 Å². The number of nitrogens with zero attached hydrogens (tertiary/aromatic N) is 3.